The Labute approximate surface area is 170 Å². The summed E-state index contributed by atoms with van der Waals surface area (Å²) in [5.41, 5.74) is 2.08. The third-order valence-corrected chi connectivity index (χ3v) is 6.37. The number of nitrogens with zero attached hydrogens (tertiary/aromatic N) is 2. The van der Waals surface area contributed by atoms with Crippen LogP contribution < -0.4 is 4.74 Å². The van der Waals surface area contributed by atoms with Crippen LogP contribution in [0.4, 0.5) is 0 Å². The van der Waals surface area contributed by atoms with Gasteiger partial charge in [-0.1, -0.05) is 25.3 Å². The highest BCUT2D eigenvalue weighted by Gasteiger charge is 2.29. The van der Waals surface area contributed by atoms with E-state index in [1.165, 1.54) is 44.2 Å². The molecule has 0 bridgehead atoms. The van der Waals surface area contributed by atoms with E-state index in [-0.39, 0.29) is 13.2 Å². The van der Waals surface area contributed by atoms with Gasteiger partial charge in [0, 0.05) is 50.9 Å². The number of aliphatic hydroxyl groups excluding tert-OH is 2. The van der Waals surface area contributed by atoms with Gasteiger partial charge in [-0.2, -0.15) is 0 Å². The Morgan fingerprint density at radius 1 is 1.11 bits per heavy atom. The molecule has 1 aliphatic carbocycles. The van der Waals surface area contributed by atoms with Gasteiger partial charge in [0.05, 0.1) is 13.2 Å². The summed E-state index contributed by atoms with van der Waals surface area (Å²) in [5.74, 6) is 1.63. The van der Waals surface area contributed by atoms with Gasteiger partial charge in [0.15, 0.2) is 0 Å². The molecule has 2 N–H and O–H groups in total. The van der Waals surface area contributed by atoms with Crippen LogP contribution in [0.2, 0.25) is 0 Å². The molecule has 1 atom stereocenters. The van der Waals surface area contributed by atoms with Crippen molar-refractivity contribution in [2.24, 2.45) is 5.92 Å². The minimum Gasteiger partial charge on any atom is -0.494 e. The van der Waals surface area contributed by atoms with Gasteiger partial charge in [0.25, 0.3) is 0 Å². The second-order valence-electron chi connectivity index (χ2n) is 8.43. The largest absolute Gasteiger partial charge is 0.494 e. The molecule has 1 saturated carbocycles. The Morgan fingerprint density at radius 3 is 2.64 bits per heavy atom. The van der Waals surface area contributed by atoms with Gasteiger partial charge in [0.1, 0.15) is 5.75 Å². The molecule has 0 spiro atoms. The van der Waals surface area contributed by atoms with Gasteiger partial charge in [0.2, 0.25) is 0 Å². The maximum absolute atomic E-state index is 9.65. The summed E-state index contributed by atoms with van der Waals surface area (Å²) in [6.07, 6.45) is 7.79. The normalized spacial score (nSPS) is 22.5. The summed E-state index contributed by atoms with van der Waals surface area (Å²) >= 11 is 0. The maximum atomic E-state index is 9.65. The van der Waals surface area contributed by atoms with Crippen LogP contribution in [0.25, 0.3) is 0 Å². The van der Waals surface area contributed by atoms with E-state index >= 15 is 0 Å². The zero-order valence-corrected chi connectivity index (χ0v) is 17.5. The summed E-state index contributed by atoms with van der Waals surface area (Å²) in [5, 5.41) is 19.2. The van der Waals surface area contributed by atoms with Crippen LogP contribution in [-0.2, 0) is 13.2 Å². The van der Waals surface area contributed by atoms with Crippen molar-refractivity contribution in [3.63, 3.8) is 0 Å². The molecular weight excluding hydrogens is 352 g/mol. The van der Waals surface area contributed by atoms with Crippen molar-refractivity contribution in [2.45, 2.75) is 64.6 Å². The van der Waals surface area contributed by atoms with Crippen LogP contribution in [0.1, 0.15) is 56.6 Å². The first-order valence-corrected chi connectivity index (χ1v) is 11.2. The van der Waals surface area contributed by atoms with Crippen molar-refractivity contribution in [3.05, 3.63) is 29.3 Å². The van der Waals surface area contributed by atoms with E-state index in [0.717, 1.165) is 49.8 Å². The van der Waals surface area contributed by atoms with Crippen LogP contribution in [0.3, 0.4) is 0 Å². The van der Waals surface area contributed by atoms with Crippen molar-refractivity contribution < 1.29 is 14.9 Å². The third-order valence-electron chi connectivity index (χ3n) is 6.37. The number of hydrogen-bond donors (Lipinski definition) is 2. The fourth-order valence-corrected chi connectivity index (χ4v) is 4.87. The highest BCUT2D eigenvalue weighted by molar-refractivity contribution is 5.37. The Morgan fingerprint density at radius 2 is 1.93 bits per heavy atom. The quantitative estimate of drug-likeness (QED) is 0.679. The SMILES string of the molecule is CCOc1ccc(CN2CCN(CC3CCCCC3)[C@@H](CCO)C2)cc1CO. The highest BCUT2D eigenvalue weighted by Crippen LogP contribution is 2.27. The highest BCUT2D eigenvalue weighted by atomic mass is 16.5. The number of aliphatic hydroxyl groups is 2. The molecule has 1 saturated heterocycles. The Bertz CT molecular complexity index is 589. The molecule has 5 heteroatoms. The number of rotatable bonds is 9. The van der Waals surface area contributed by atoms with Crippen molar-refractivity contribution in [2.75, 3.05) is 39.4 Å². The summed E-state index contributed by atoms with van der Waals surface area (Å²) in [7, 11) is 0. The van der Waals surface area contributed by atoms with Gasteiger partial charge in [-0.05, 0) is 49.8 Å². The lowest BCUT2D eigenvalue weighted by atomic mass is 9.88. The predicted molar refractivity (Wildman–Crippen MR) is 112 cm³/mol. The summed E-state index contributed by atoms with van der Waals surface area (Å²) in [6, 6.07) is 6.61. The number of piperazine rings is 1. The lowest BCUT2D eigenvalue weighted by Crippen LogP contribution is -2.54. The fourth-order valence-electron chi connectivity index (χ4n) is 4.87. The Kier molecular flexibility index (Phi) is 8.59. The zero-order chi connectivity index (χ0) is 19.8. The van der Waals surface area contributed by atoms with E-state index in [0.29, 0.717) is 12.6 Å². The molecule has 0 unspecified atom stereocenters. The topological polar surface area (TPSA) is 56.2 Å². The van der Waals surface area contributed by atoms with Crippen LogP contribution in [0.15, 0.2) is 18.2 Å². The van der Waals surface area contributed by atoms with E-state index in [2.05, 4.69) is 21.9 Å². The maximum Gasteiger partial charge on any atom is 0.124 e. The van der Waals surface area contributed by atoms with Crippen molar-refractivity contribution in [3.8, 4) is 5.75 Å². The molecule has 158 valence electrons. The van der Waals surface area contributed by atoms with Gasteiger partial charge in [-0.3, -0.25) is 9.80 Å². The zero-order valence-electron chi connectivity index (χ0n) is 17.5. The van der Waals surface area contributed by atoms with E-state index < -0.39 is 0 Å². The second-order valence-corrected chi connectivity index (χ2v) is 8.43. The monoisotopic (exact) mass is 390 g/mol. The smallest absolute Gasteiger partial charge is 0.124 e. The van der Waals surface area contributed by atoms with Gasteiger partial charge >= 0.3 is 0 Å². The van der Waals surface area contributed by atoms with Crippen molar-refractivity contribution in [1.29, 1.82) is 0 Å². The summed E-state index contributed by atoms with van der Waals surface area (Å²) in [4.78, 5) is 5.13. The molecule has 0 amide bonds. The van der Waals surface area contributed by atoms with E-state index in [1.54, 1.807) is 0 Å². The third kappa shape index (κ3) is 5.93. The van der Waals surface area contributed by atoms with Gasteiger partial charge < -0.3 is 14.9 Å². The minimum atomic E-state index is 0.00543. The molecule has 1 aromatic rings. The lowest BCUT2D eigenvalue weighted by molar-refractivity contribution is 0.0400. The molecular formula is C23H38N2O3. The molecule has 1 aromatic carbocycles. The molecule has 28 heavy (non-hydrogen) atoms. The number of hydrogen-bond acceptors (Lipinski definition) is 5. The lowest BCUT2D eigenvalue weighted by Gasteiger charge is -2.43. The Balaban J connectivity index is 1.58. The van der Waals surface area contributed by atoms with E-state index in [9.17, 15) is 10.2 Å². The average molecular weight is 391 g/mol. The van der Waals surface area contributed by atoms with Crippen LogP contribution >= 0.6 is 0 Å². The first-order valence-electron chi connectivity index (χ1n) is 11.2. The molecule has 0 aromatic heterocycles. The molecule has 0 radical (unpaired) electrons. The average Bonchev–Trinajstić information content (AvgIpc) is 2.72. The first kappa shape index (κ1) is 21.6. The standard InChI is InChI=1S/C23H38N2O3/c1-2-28-23-9-8-20(14-21(23)18-27)15-24-11-12-25(22(17-24)10-13-26)16-19-6-4-3-5-7-19/h8-9,14,19,22,26-27H,2-7,10-13,15-18H2,1H3/t22-/m0/s1. The van der Waals surface area contributed by atoms with Crippen molar-refractivity contribution >= 4 is 0 Å². The Hall–Kier alpha value is -1.14. The first-order chi connectivity index (χ1) is 13.7. The molecule has 2 aliphatic rings. The molecule has 2 fully saturated rings. The van der Waals surface area contributed by atoms with Crippen LogP contribution in [0.5, 0.6) is 5.75 Å². The van der Waals surface area contributed by atoms with Gasteiger partial charge in [-0.25, -0.2) is 0 Å². The van der Waals surface area contributed by atoms with Crippen LogP contribution in [-0.4, -0.2) is 65.4 Å². The van der Waals surface area contributed by atoms with Crippen LogP contribution in [0, 0.1) is 5.92 Å². The van der Waals surface area contributed by atoms with E-state index in [4.69, 9.17) is 4.74 Å². The minimum absolute atomic E-state index is 0.00543. The second kappa shape index (κ2) is 11.1. The van der Waals surface area contributed by atoms with Crippen molar-refractivity contribution in [1.82, 2.24) is 9.80 Å². The molecule has 3 rings (SSSR count). The predicted octanol–water partition coefficient (Wildman–Crippen LogP) is 3.03. The fraction of sp³-hybridized carbons (Fsp3) is 0.739. The van der Waals surface area contributed by atoms with Gasteiger partial charge in [-0.15, -0.1) is 0 Å². The number of ether oxygens (including phenoxy) is 1. The molecule has 1 aliphatic heterocycles. The number of benzene rings is 1. The molecule has 1 heterocycles. The molecule has 5 nitrogen and oxygen atoms in total. The van der Waals surface area contributed by atoms with E-state index in [1.807, 2.05) is 13.0 Å². The summed E-state index contributed by atoms with van der Waals surface area (Å²) in [6.45, 7) is 8.09. The summed E-state index contributed by atoms with van der Waals surface area (Å²) < 4.78 is 5.60.